The molecule has 1 aromatic heterocycles. The largest absolute Gasteiger partial charge is 0.481 e. The predicted octanol–water partition coefficient (Wildman–Crippen LogP) is 1.94. The van der Waals surface area contributed by atoms with Crippen molar-refractivity contribution < 1.29 is 14.7 Å². The van der Waals surface area contributed by atoms with Gasteiger partial charge in [-0.3, -0.25) is 9.48 Å². The molecule has 7 nitrogen and oxygen atoms in total. The summed E-state index contributed by atoms with van der Waals surface area (Å²) in [7, 11) is 0. The van der Waals surface area contributed by atoms with Crippen LogP contribution < -0.4 is 5.32 Å². The molecule has 1 fully saturated rings. The first-order chi connectivity index (χ1) is 12.1. The molecule has 132 valence electrons. The zero-order valence-corrected chi connectivity index (χ0v) is 14.0. The summed E-state index contributed by atoms with van der Waals surface area (Å²) < 4.78 is 1.84. The van der Waals surface area contributed by atoms with Gasteiger partial charge in [-0.15, -0.1) is 0 Å². The minimum atomic E-state index is -0.771. The Bertz CT molecular complexity index is 722. The maximum atomic E-state index is 12.3. The standard InChI is InChI=1S/C18H22N4O3/c23-17(24)14-6-10-21(11-7-14)18(25)19-12-15-4-1-2-5-16(15)13-22-9-3-8-20-22/h1-5,8-9,14H,6-7,10-13H2,(H,19,25)(H,23,24). The van der Waals surface area contributed by atoms with Crippen LogP contribution >= 0.6 is 0 Å². The zero-order valence-electron chi connectivity index (χ0n) is 14.0. The van der Waals surface area contributed by atoms with E-state index in [2.05, 4.69) is 10.4 Å². The van der Waals surface area contributed by atoms with Crippen LogP contribution in [0.4, 0.5) is 4.79 Å². The molecule has 1 aromatic carbocycles. The molecule has 0 radical (unpaired) electrons. The van der Waals surface area contributed by atoms with Crippen molar-refractivity contribution in [1.82, 2.24) is 20.0 Å². The number of nitrogens with one attached hydrogen (secondary N) is 1. The van der Waals surface area contributed by atoms with Crippen LogP contribution in [0.1, 0.15) is 24.0 Å². The highest BCUT2D eigenvalue weighted by Gasteiger charge is 2.26. The fourth-order valence-corrected chi connectivity index (χ4v) is 3.06. The molecule has 1 saturated heterocycles. The van der Waals surface area contributed by atoms with Gasteiger partial charge in [0.05, 0.1) is 12.5 Å². The summed E-state index contributed by atoms with van der Waals surface area (Å²) in [6.07, 6.45) is 4.67. The third kappa shape index (κ3) is 4.37. The number of hydrogen-bond donors (Lipinski definition) is 2. The van der Waals surface area contributed by atoms with E-state index in [1.54, 1.807) is 11.1 Å². The van der Waals surface area contributed by atoms with Crippen LogP contribution in [-0.2, 0) is 17.9 Å². The number of benzene rings is 1. The number of carbonyl (C=O) groups is 2. The highest BCUT2D eigenvalue weighted by molar-refractivity contribution is 5.75. The summed E-state index contributed by atoms with van der Waals surface area (Å²) in [4.78, 5) is 25.0. The second kappa shape index (κ2) is 7.83. The van der Waals surface area contributed by atoms with E-state index in [0.717, 1.165) is 11.1 Å². The molecule has 25 heavy (non-hydrogen) atoms. The average molecular weight is 342 g/mol. The van der Waals surface area contributed by atoms with Gasteiger partial charge in [0.25, 0.3) is 0 Å². The van der Waals surface area contributed by atoms with E-state index in [-0.39, 0.29) is 11.9 Å². The number of piperidine rings is 1. The van der Waals surface area contributed by atoms with Gasteiger partial charge < -0.3 is 15.3 Å². The molecule has 2 aromatic rings. The van der Waals surface area contributed by atoms with Crippen LogP contribution in [-0.4, -0.2) is 44.9 Å². The van der Waals surface area contributed by atoms with Crippen molar-refractivity contribution in [2.45, 2.75) is 25.9 Å². The summed E-state index contributed by atoms with van der Waals surface area (Å²) in [5, 5.41) is 16.2. The summed E-state index contributed by atoms with van der Waals surface area (Å²) in [5.41, 5.74) is 2.16. The van der Waals surface area contributed by atoms with Crippen LogP contribution in [0.3, 0.4) is 0 Å². The predicted molar refractivity (Wildman–Crippen MR) is 91.9 cm³/mol. The van der Waals surface area contributed by atoms with Crippen molar-refractivity contribution in [3.8, 4) is 0 Å². The minimum absolute atomic E-state index is 0.141. The topological polar surface area (TPSA) is 87.5 Å². The Kier molecular flexibility index (Phi) is 5.33. The van der Waals surface area contributed by atoms with Crippen molar-refractivity contribution in [3.63, 3.8) is 0 Å². The lowest BCUT2D eigenvalue weighted by Gasteiger charge is -2.30. The highest BCUT2D eigenvalue weighted by Crippen LogP contribution is 2.17. The second-order valence-electron chi connectivity index (χ2n) is 6.23. The first kappa shape index (κ1) is 17.0. The molecule has 2 heterocycles. The number of urea groups is 1. The Morgan fingerprint density at radius 3 is 2.52 bits per heavy atom. The molecular weight excluding hydrogens is 320 g/mol. The smallest absolute Gasteiger partial charge is 0.317 e. The van der Waals surface area contributed by atoms with Gasteiger partial charge >= 0.3 is 12.0 Å². The molecule has 7 heteroatoms. The van der Waals surface area contributed by atoms with E-state index >= 15 is 0 Å². The summed E-state index contributed by atoms with van der Waals surface area (Å²) in [6.45, 7) is 2.06. The SMILES string of the molecule is O=C(O)C1CCN(C(=O)NCc2ccccc2Cn2cccn2)CC1. The van der Waals surface area contributed by atoms with Gasteiger partial charge in [0.2, 0.25) is 0 Å². The Labute approximate surface area is 146 Å². The van der Waals surface area contributed by atoms with Gasteiger partial charge in [-0.05, 0) is 30.0 Å². The first-order valence-corrected chi connectivity index (χ1v) is 8.43. The lowest BCUT2D eigenvalue weighted by atomic mass is 9.97. The van der Waals surface area contributed by atoms with E-state index in [1.165, 1.54) is 0 Å². The molecule has 0 saturated carbocycles. The van der Waals surface area contributed by atoms with Gasteiger partial charge in [-0.2, -0.15) is 5.10 Å². The van der Waals surface area contributed by atoms with Crippen LogP contribution in [0.25, 0.3) is 0 Å². The Morgan fingerprint density at radius 1 is 1.16 bits per heavy atom. The maximum absolute atomic E-state index is 12.3. The van der Waals surface area contributed by atoms with E-state index in [1.807, 2.05) is 41.2 Å². The number of rotatable bonds is 5. The molecule has 1 aliphatic rings. The number of carbonyl (C=O) groups excluding carboxylic acids is 1. The van der Waals surface area contributed by atoms with Crippen molar-refractivity contribution in [2.24, 2.45) is 5.92 Å². The molecule has 0 spiro atoms. The number of carboxylic acid groups (broad SMARTS) is 1. The molecule has 3 rings (SSSR count). The first-order valence-electron chi connectivity index (χ1n) is 8.43. The maximum Gasteiger partial charge on any atom is 0.317 e. The van der Waals surface area contributed by atoms with E-state index in [9.17, 15) is 9.59 Å². The fraction of sp³-hybridized carbons (Fsp3) is 0.389. The Morgan fingerprint density at radius 2 is 1.88 bits per heavy atom. The summed E-state index contributed by atoms with van der Waals surface area (Å²) in [5.74, 6) is -1.11. The van der Waals surface area contributed by atoms with Gasteiger partial charge in [0.1, 0.15) is 0 Å². The fourth-order valence-electron chi connectivity index (χ4n) is 3.06. The molecule has 0 bridgehead atoms. The number of amides is 2. The number of aromatic nitrogens is 2. The van der Waals surface area contributed by atoms with Crippen LogP contribution in [0, 0.1) is 5.92 Å². The number of carboxylic acids is 1. The number of hydrogen-bond acceptors (Lipinski definition) is 3. The quantitative estimate of drug-likeness (QED) is 0.869. The van der Waals surface area contributed by atoms with Crippen LogP contribution in [0.2, 0.25) is 0 Å². The average Bonchev–Trinajstić information content (AvgIpc) is 3.14. The van der Waals surface area contributed by atoms with Gasteiger partial charge in [0, 0.05) is 32.0 Å². The lowest BCUT2D eigenvalue weighted by Crippen LogP contribution is -2.45. The molecular formula is C18H22N4O3. The number of likely N-dealkylation sites (tertiary alicyclic amines) is 1. The highest BCUT2D eigenvalue weighted by atomic mass is 16.4. The lowest BCUT2D eigenvalue weighted by molar-refractivity contribution is -0.143. The van der Waals surface area contributed by atoms with Gasteiger partial charge in [-0.25, -0.2) is 4.79 Å². The second-order valence-corrected chi connectivity index (χ2v) is 6.23. The Hall–Kier alpha value is -2.83. The molecule has 0 aliphatic carbocycles. The van der Waals surface area contributed by atoms with E-state index in [0.29, 0.717) is 39.0 Å². The minimum Gasteiger partial charge on any atom is -0.481 e. The molecule has 1 aliphatic heterocycles. The Balaban J connectivity index is 1.55. The molecule has 0 unspecified atom stereocenters. The number of nitrogens with zero attached hydrogens (tertiary/aromatic N) is 3. The number of aliphatic carboxylic acids is 1. The third-order valence-electron chi connectivity index (χ3n) is 4.57. The van der Waals surface area contributed by atoms with E-state index in [4.69, 9.17) is 5.11 Å². The molecule has 2 amide bonds. The zero-order chi connectivity index (χ0) is 17.6. The van der Waals surface area contributed by atoms with Crippen molar-refractivity contribution in [2.75, 3.05) is 13.1 Å². The normalized spacial score (nSPS) is 15.1. The van der Waals surface area contributed by atoms with Gasteiger partial charge in [0.15, 0.2) is 0 Å². The van der Waals surface area contributed by atoms with E-state index < -0.39 is 5.97 Å². The van der Waals surface area contributed by atoms with Gasteiger partial charge in [-0.1, -0.05) is 24.3 Å². The van der Waals surface area contributed by atoms with Crippen molar-refractivity contribution in [3.05, 3.63) is 53.9 Å². The van der Waals surface area contributed by atoms with Crippen molar-refractivity contribution in [1.29, 1.82) is 0 Å². The van der Waals surface area contributed by atoms with Crippen molar-refractivity contribution >= 4 is 12.0 Å². The summed E-state index contributed by atoms with van der Waals surface area (Å²) in [6, 6.07) is 9.69. The monoisotopic (exact) mass is 342 g/mol. The van der Waals surface area contributed by atoms with Crippen LogP contribution in [0.15, 0.2) is 42.7 Å². The molecule has 2 N–H and O–H groups in total. The molecule has 0 atom stereocenters. The summed E-state index contributed by atoms with van der Waals surface area (Å²) >= 11 is 0. The third-order valence-corrected chi connectivity index (χ3v) is 4.57. The van der Waals surface area contributed by atoms with Crippen LogP contribution in [0.5, 0.6) is 0 Å².